The Labute approximate surface area is 149 Å². The minimum absolute atomic E-state index is 0.147. The molecular weight excluding hydrogens is 322 g/mol. The Kier molecular flexibility index (Phi) is 6.81. The molecule has 1 aromatic heterocycles. The molecule has 1 aliphatic rings. The Morgan fingerprint density at radius 3 is 2.60 bits per heavy atom. The van der Waals surface area contributed by atoms with Crippen molar-refractivity contribution in [3.63, 3.8) is 0 Å². The molecule has 2 atom stereocenters. The number of carbonyl (C=O) groups excluding carboxylic acids is 1. The van der Waals surface area contributed by atoms with Gasteiger partial charge in [0, 0.05) is 6.42 Å². The van der Waals surface area contributed by atoms with E-state index in [0.717, 1.165) is 12.8 Å². The third-order valence-electron chi connectivity index (χ3n) is 4.45. The number of nitrogens with zero attached hydrogens (tertiary/aromatic N) is 2. The number of aromatic nitrogens is 2. The third kappa shape index (κ3) is 6.30. The summed E-state index contributed by atoms with van der Waals surface area (Å²) in [5, 5.41) is 17.3. The van der Waals surface area contributed by atoms with Gasteiger partial charge < -0.3 is 19.7 Å². The number of aryl methyl sites for hydroxylation is 1. The van der Waals surface area contributed by atoms with Gasteiger partial charge in [0.1, 0.15) is 5.60 Å². The van der Waals surface area contributed by atoms with Crippen molar-refractivity contribution < 1.29 is 19.2 Å². The van der Waals surface area contributed by atoms with Crippen LogP contribution in [0, 0.1) is 5.92 Å². The number of hydrogen-bond acceptors (Lipinski definition) is 6. The van der Waals surface area contributed by atoms with Gasteiger partial charge in [0.2, 0.25) is 0 Å². The van der Waals surface area contributed by atoms with Crippen LogP contribution in [-0.2, 0) is 11.2 Å². The summed E-state index contributed by atoms with van der Waals surface area (Å²) in [4.78, 5) is 16.4. The van der Waals surface area contributed by atoms with Crippen LogP contribution in [-0.4, -0.2) is 33.0 Å². The van der Waals surface area contributed by atoms with Crippen LogP contribution < -0.4 is 5.32 Å². The highest BCUT2D eigenvalue weighted by Gasteiger charge is 2.32. The molecule has 1 saturated carbocycles. The fraction of sp³-hybridized carbons (Fsp3) is 0.833. The van der Waals surface area contributed by atoms with Gasteiger partial charge in [0.25, 0.3) is 5.89 Å². The number of aliphatic hydroxyl groups is 1. The van der Waals surface area contributed by atoms with Gasteiger partial charge in [-0.1, -0.05) is 44.2 Å². The average molecular weight is 353 g/mol. The Hall–Kier alpha value is -1.63. The quantitative estimate of drug-likeness (QED) is 0.812. The molecule has 2 N–H and O–H groups in total. The summed E-state index contributed by atoms with van der Waals surface area (Å²) in [6.07, 6.45) is 5.60. The first-order valence-electron chi connectivity index (χ1n) is 9.28. The molecule has 0 saturated heterocycles. The number of aliphatic hydroxyl groups excluding tert-OH is 1. The lowest BCUT2D eigenvalue weighted by Gasteiger charge is -2.29. The second-order valence-electron chi connectivity index (χ2n) is 7.84. The SMILES string of the molecule is CCc1noc(C(O)[C@H](CC2CCCCC2)NC(=O)OC(C)(C)C)n1. The normalized spacial score (nSPS) is 18.6. The Morgan fingerprint density at radius 2 is 2.04 bits per heavy atom. The lowest BCUT2D eigenvalue weighted by Crippen LogP contribution is -2.43. The summed E-state index contributed by atoms with van der Waals surface area (Å²) >= 11 is 0. The van der Waals surface area contributed by atoms with Crippen LogP contribution in [0.5, 0.6) is 0 Å². The van der Waals surface area contributed by atoms with Crippen LogP contribution in [0.2, 0.25) is 0 Å². The lowest BCUT2D eigenvalue weighted by molar-refractivity contribution is 0.0338. The second-order valence-corrected chi connectivity index (χ2v) is 7.84. The fourth-order valence-corrected chi connectivity index (χ4v) is 3.21. The van der Waals surface area contributed by atoms with E-state index in [2.05, 4.69) is 15.5 Å². The van der Waals surface area contributed by atoms with Gasteiger partial charge in [-0.15, -0.1) is 0 Å². The van der Waals surface area contributed by atoms with E-state index in [0.29, 0.717) is 24.6 Å². The first-order chi connectivity index (χ1) is 11.8. The summed E-state index contributed by atoms with van der Waals surface area (Å²) in [6.45, 7) is 7.35. The monoisotopic (exact) mass is 353 g/mol. The van der Waals surface area contributed by atoms with Crippen LogP contribution >= 0.6 is 0 Å². The highest BCUT2D eigenvalue weighted by molar-refractivity contribution is 5.68. The number of nitrogens with one attached hydrogen (secondary N) is 1. The van der Waals surface area contributed by atoms with Crippen molar-refractivity contribution in [2.75, 3.05) is 0 Å². The first kappa shape index (κ1) is 19.7. The van der Waals surface area contributed by atoms with Crippen LogP contribution in [0.1, 0.15) is 84.0 Å². The van der Waals surface area contributed by atoms with Gasteiger partial charge in [0.05, 0.1) is 6.04 Å². The zero-order valence-corrected chi connectivity index (χ0v) is 15.7. The zero-order chi connectivity index (χ0) is 18.4. The van der Waals surface area contributed by atoms with Crippen molar-refractivity contribution in [1.29, 1.82) is 0 Å². The molecule has 0 aliphatic heterocycles. The van der Waals surface area contributed by atoms with E-state index in [1.165, 1.54) is 19.3 Å². The van der Waals surface area contributed by atoms with E-state index in [4.69, 9.17) is 9.26 Å². The molecule has 1 aromatic rings. The van der Waals surface area contributed by atoms with E-state index >= 15 is 0 Å². The van der Waals surface area contributed by atoms with Crippen molar-refractivity contribution in [2.24, 2.45) is 5.92 Å². The van der Waals surface area contributed by atoms with E-state index in [-0.39, 0.29) is 5.89 Å². The van der Waals surface area contributed by atoms with E-state index in [1.807, 2.05) is 27.7 Å². The van der Waals surface area contributed by atoms with Gasteiger partial charge in [-0.3, -0.25) is 0 Å². The van der Waals surface area contributed by atoms with Gasteiger partial charge in [-0.05, 0) is 33.1 Å². The first-order valence-corrected chi connectivity index (χ1v) is 9.28. The van der Waals surface area contributed by atoms with Gasteiger partial charge in [-0.25, -0.2) is 4.79 Å². The third-order valence-corrected chi connectivity index (χ3v) is 4.45. The molecule has 1 fully saturated rings. The van der Waals surface area contributed by atoms with Gasteiger partial charge in [-0.2, -0.15) is 4.98 Å². The maximum absolute atomic E-state index is 12.2. The van der Waals surface area contributed by atoms with Crippen LogP contribution in [0.25, 0.3) is 0 Å². The molecule has 2 rings (SSSR count). The number of alkyl carbamates (subject to hydrolysis) is 1. The molecule has 1 aliphatic carbocycles. The smallest absolute Gasteiger partial charge is 0.407 e. The van der Waals surface area contributed by atoms with Crippen molar-refractivity contribution >= 4 is 6.09 Å². The van der Waals surface area contributed by atoms with E-state index < -0.39 is 23.8 Å². The minimum Gasteiger partial charge on any atom is -0.444 e. The molecule has 0 spiro atoms. The topological polar surface area (TPSA) is 97.5 Å². The highest BCUT2D eigenvalue weighted by atomic mass is 16.6. The Balaban J connectivity index is 2.07. The Morgan fingerprint density at radius 1 is 1.36 bits per heavy atom. The van der Waals surface area contributed by atoms with E-state index in [1.54, 1.807) is 0 Å². The predicted octanol–water partition coefficient (Wildman–Crippen LogP) is 3.53. The maximum atomic E-state index is 12.2. The summed E-state index contributed by atoms with van der Waals surface area (Å²) in [6, 6.07) is -0.511. The molecule has 25 heavy (non-hydrogen) atoms. The molecule has 142 valence electrons. The van der Waals surface area contributed by atoms with Crippen LogP contribution in [0.4, 0.5) is 4.79 Å². The summed E-state index contributed by atoms with van der Waals surface area (Å²) in [5.74, 6) is 1.16. The molecule has 1 unspecified atom stereocenters. The summed E-state index contributed by atoms with van der Waals surface area (Å²) in [5.41, 5.74) is -0.593. The molecule has 0 bridgehead atoms. The molecule has 7 heteroatoms. The second kappa shape index (κ2) is 8.65. The maximum Gasteiger partial charge on any atom is 0.407 e. The number of hydrogen-bond donors (Lipinski definition) is 2. The van der Waals surface area contributed by atoms with Crippen molar-refractivity contribution in [2.45, 2.75) is 90.4 Å². The van der Waals surface area contributed by atoms with Gasteiger partial charge in [0.15, 0.2) is 11.9 Å². The standard InChI is InChI=1S/C18H31N3O4/c1-5-14-20-16(25-21-14)15(22)13(11-12-9-7-6-8-10-12)19-17(23)24-18(2,3)4/h12-13,15,22H,5-11H2,1-4H3,(H,19,23)/t13-,15?/m0/s1. The molecule has 1 amide bonds. The molecule has 7 nitrogen and oxygen atoms in total. The predicted molar refractivity (Wildman–Crippen MR) is 93.0 cm³/mol. The number of amides is 1. The largest absolute Gasteiger partial charge is 0.444 e. The molecule has 0 aromatic carbocycles. The van der Waals surface area contributed by atoms with Crippen molar-refractivity contribution in [1.82, 2.24) is 15.5 Å². The number of carbonyl (C=O) groups is 1. The Bertz CT molecular complexity index is 547. The molecule has 0 radical (unpaired) electrons. The summed E-state index contributed by atoms with van der Waals surface area (Å²) in [7, 11) is 0. The minimum atomic E-state index is -1.04. The fourth-order valence-electron chi connectivity index (χ4n) is 3.21. The van der Waals surface area contributed by atoms with E-state index in [9.17, 15) is 9.90 Å². The van der Waals surface area contributed by atoms with Crippen LogP contribution in [0.15, 0.2) is 4.52 Å². The van der Waals surface area contributed by atoms with Crippen molar-refractivity contribution in [3.8, 4) is 0 Å². The lowest BCUT2D eigenvalue weighted by atomic mass is 9.83. The molecular formula is C18H31N3O4. The van der Waals surface area contributed by atoms with Crippen LogP contribution in [0.3, 0.4) is 0 Å². The zero-order valence-electron chi connectivity index (χ0n) is 15.7. The summed E-state index contributed by atoms with van der Waals surface area (Å²) < 4.78 is 10.5. The number of ether oxygens (including phenoxy) is 1. The van der Waals surface area contributed by atoms with Crippen molar-refractivity contribution in [3.05, 3.63) is 11.7 Å². The number of rotatable bonds is 6. The average Bonchev–Trinajstić information content (AvgIpc) is 3.02. The van der Waals surface area contributed by atoms with Gasteiger partial charge >= 0.3 is 6.09 Å². The highest BCUT2D eigenvalue weighted by Crippen LogP contribution is 2.30. The molecule has 1 heterocycles.